The number of rotatable bonds is 6. The standard InChI is InChI=1S/C21H23ClFNO3/c1-21(2,23)13-27-19-9-8-15(22)11-14(19)12-24-10-4-6-16-17(20(25)26)5-3-7-18(16)24/h3,5,7-9,11H,4,6,10,12-13H2,1-2H3,(H,25,26). The minimum absolute atomic E-state index is 0.0542. The Bertz CT molecular complexity index is 848. The quantitative estimate of drug-likeness (QED) is 0.742. The topological polar surface area (TPSA) is 49.8 Å². The van der Waals surface area contributed by atoms with Crippen molar-refractivity contribution in [3.63, 3.8) is 0 Å². The van der Waals surface area contributed by atoms with Crippen LogP contribution in [-0.2, 0) is 13.0 Å². The smallest absolute Gasteiger partial charge is 0.336 e. The molecule has 1 N–H and O–H groups in total. The van der Waals surface area contributed by atoms with Crippen LogP contribution in [0.2, 0.25) is 5.02 Å². The molecule has 2 aromatic carbocycles. The van der Waals surface area contributed by atoms with Crippen LogP contribution < -0.4 is 9.64 Å². The fraction of sp³-hybridized carbons (Fsp3) is 0.381. The second-order valence-electron chi connectivity index (χ2n) is 7.39. The fourth-order valence-electron chi connectivity index (χ4n) is 3.33. The Hall–Kier alpha value is -2.27. The van der Waals surface area contributed by atoms with E-state index in [9.17, 15) is 14.3 Å². The van der Waals surface area contributed by atoms with E-state index < -0.39 is 11.6 Å². The SMILES string of the molecule is CC(C)(F)COc1ccc(Cl)cc1CN1CCCc2c(C(=O)O)cccc21. The Morgan fingerprint density at radius 1 is 1.33 bits per heavy atom. The molecule has 27 heavy (non-hydrogen) atoms. The molecule has 0 aliphatic carbocycles. The molecule has 4 nitrogen and oxygen atoms in total. The van der Waals surface area contributed by atoms with Crippen molar-refractivity contribution in [2.45, 2.75) is 38.9 Å². The van der Waals surface area contributed by atoms with E-state index in [1.165, 1.54) is 13.8 Å². The molecule has 2 aromatic rings. The van der Waals surface area contributed by atoms with Crippen molar-refractivity contribution in [2.75, 3.05) is 18.1 Å². The summed E-state index contributed by atoms with van der Waals surface area (Å²) in [5.41, 5.74) is 1.52. The number of aromatic carboxylic acids is 1. The van der Waals surface area contributed by atoms with Crippen molar-refractivity contribution >= 4 is 23.3 Å². The summed E-state index contributed by atoms with van der Waals surface area (Å²) in [6.45, 7) is 4.20. The second-order valence-corrected chi connectivity index (χ2v) is 7.83. The molecule has 0 unspecified atom stereocenters. The van der Waals surface area contributed by atoms with Gasteiger partial charge in [-0.3, -0.25) is 0 Å². The molecular weight excluding hydrogens is 369 g/mol. The first kappa shape index (κ1) is 19.5. The van der Waals surface area contributed by atoms with Gasteiger partial charge in [-0.05, 0) is 62.6 Å². The number of alkyl halides is 1. The highest BCUT2D eigenvalue weighted by Gasteiger charge is 2.23. The van der Waals surface area contributed by atoms with E-state index >= 15 is 0 Å². The van der Waals surface area contributed by atoms with Crippen LogP contribution >= 0.6 is 11.6 Å². The van der Waals surface area contributed by atoms with E-state index in [2.05, 4.69) is 4.90 Å². The molecule has 0 aromatic heterocycles. The van der Waals surface area contributed by atoms with Crippen molar-refractivity contribution in [1.29, 1.82) is 0 Å². The van der Waals surface area contributed by atoms with Gasteiger partial charge in [0.15, 0.2) is 0 Å². The lowest BCUT2D eigenvalue weighted by atomic mass is 9.96. The summed E-state index contributed by atoms with van der Waals surface area (Å²) in [6.07, 6.45) is 1.61. The predicted molar refractivity (Wildman–Crippen MR) is 105 cm³/mol. The van der Waals surface area contributed by atoms with Crippen molar-refractivity contribution < 1.29 is 19.0 Å². The Kier molecular flexibility index (Phi) is 5.61. The number of carboxylic acids is 1. The van der Waals surface area contributed by atoms with Crippen molar-refractivity contribution in [1.82, 2.24) is 0 Å². The van der Waals surface area contributed by atoms with Gasteiger partial charge in [-0.15, -0.1) is 0 Å². The molecule has 0 amide bonds. The first-order valence-corrected chi connectivity index (χ1v) is 9.33. The average Bonchev–Trinajstić information content (AvgIpc) is 2.60. The summed E-state index contributed by atoms with van der Waals surface area (Å²) in [4.78, 5) is 13.7. The zero-order valence-electron chi connectivity index (χ0n) is 15.5. The number of carboxylic acid groups (broad SMARTS) is 1. The number of carbonyl (C=O) groups is 1. The average molecular weight is 392 g/mol. The van der Waals surface area contributed by atoms with E-state index in [0.29, 0.717) is 22.9 Å². The van der Waals surface area contributed by atoms with E-state index in [0.717, 1.165) is 36.2 Å². The van der Waals surface area contributed by atoms with Gasteiger partial charge >= 0.3 is 5.97 Å². The molecular formula is C21H23ClFNO3. The van der Waals surface area contributed by atoms with Gasteiger partial charge in [-0.25, -0.2) is 9.18 Å². The minimum atomic E-state index is -1.44. The maximum atomic E-state index is 13.8. The van der Waals surface area contributed by atoms with Crippen LogP contribution in [0.25, 0.3) is 0 Å². The van der Waals surface area contributed by atoms with Crippen LogP contribution in [0.3, 0.4) is 0 Å². The van der Waals surface area contributed by atoms with Crippen LogP contribution in [0.4, 0.5) is 10.1 Å². The van der Waals surface area contributed by atoms with Crippen LogP contribution in [0.5, 0.6) is 5.75 Å². The van der Waals surface area contributed by atoms with Crippen molar-refractivity contribution in [2.24, 2.45) is 0 Å². The van der Waals surface area contributed by atoms with Gasteiger partial charge in [0.25, 0.3) is 0 Å². The molecule has 0 saturated carbocycles. The van der Waals surface area contributed by atoms with E-state index in [1.807, 2.05) is 12.1 Å². The molecule has 1 heterocycles. The maximum absolute atomic E-state index is 13.8. The van der Waals surface area contributed by atoms with Crippen molar-refractivity contribution in [3.05, 3.63) is 58.1 Å². The largest absolute Gasteiger partial charge is 0.490 e. The third-order valence-corrected chi connectivity index (χ3v) is 4.77. The summed E-state index contributed by atoms with van der Waals surface area (Å²) in [7, 11) is 0. The van der Waals surface area contributed by atoms with E-state index in [-0.39, 0.29) is 6.61 Å². The van der Waals surface area contributed by atoms with Gasteiger partial charge in [-0.1, -0.05) is 17.7 Å². The number of ether oxygens (including phenoxy) is 1. The third-order valence-electron chi connectivity index (χ3n) is 4.53. The molecule has 0 spiro atoms. The van der Waals surface area contributed by atoms with Gasteiger partial charge in [0.05, 0.1) is 5.56 Å². The zero-order chi connectivity index (χ0) is 19.6. The highest BCUT2D eigenvalue weighted by molar-refractivity contribution is 6.30. The highest BCUT2D eigenvalue weighted by atomic mass is 35.5. The Morgan fingerprint density at radius 3 is 2.81 bits per heavy atom. The number of hydrogen-bond donors (Lipinski definition) is 1. The molecule has 1 aliphatic heterocycles. The highest BCUT2D eigenvalue weighted by Crippen LogP contribution is 2.33. The lowest BCUT2D eigenvalue weighted by Gasteiger charge is -2.32. The lowest BCUT2D eigenvalue weighted by molar-refractivity contribution is 0.0695. The maximum Gasteiger partial charge on any atom is 0.336 e. The van der Waals surface area contributed by atoms with Gasteiger partial charge < -0.3 is 14.7 Å². The Morgan fingerprint density at radius 2 is 2.11 bits per heavy atom. The van der Waals surface area contributed by atoms with Crippen LogP contribution in [0, 0.1) is 0 Å². The molecule has 144 valence electrons. The number of anilines is 1. The normalized spacial score (nSPS) is 14.0. The fourth-order valence-corrected chi connectivity index (χ4v) is 3.53. The summed E-state index contributed by atoms with van der Waals surface area (Å²) in [6, 6.07) is 10.6. The molecule has 0 saturated heterocycles. The van der Waals surface area contributed by atoms with E-state index in [4.69, 9.17) is 16.3 Å². The molecule has 0 radical (unpaired) electrons. The first-order valence-electron chi connectivity index (χ1n) is 8.95. The predicted octanol–water partition coefficient (Wildman–Crippen LogP) is 5.12. The minimum Gasteiger partial charge on any atom is -0.490 e. The molecule has 0 fully saturated rings. The van der Waals surface area contributed by atoms with Gasteiger partial charge in [0.2, 0.25) is 0 Å². The first-order chi connectivity index (χ1) is 12.7. The summed E-state index contributed by atoms with van der Waals surface area (Å²) < 4.78 is 19.5. The van der Waals surface area contributed by atoms with Crippen LogP contribution in [0.1, 0.15) is 41.8 Å². The van der Waals surface area contributed by atoms with Crippen molar-refractivity contribution in [3.8, 4) is 5.75 Å². The molecule has 0 atom stereocenters. The number of fused-ring (bicyclic) bond motifs is 1. The summed E-state index contributed by atoms with van der Waals surface area (Å²) >= 11 is 6.17. The zero-order valence-corrected chi connectivity index (χ0v) is 16.2. The van der Waals surface area contributed by atoms with Crippen LogP contribution in [-0.4, -0.2) is 29.9 Å². The molecule has 6 heteroatoms. The number of halogens is 2. The molecule has 3 rings (SSSR count). The van der Waals surface area contributed by atoms with Gasteiger partial charge in [-0.2, -0.15) is 0 Å². The second kappa shape index (κ2) is 7.77. The number of benzene rings is 2. The molecule has 0 bridgehead atoms. The monoisotopic (exact) mass is 391 g/mol. The van der Waals surface area contributed by atoms with Gasteiger partial charge in [0.1, 0.15) is 18.0 Å². The van der Waals surface area contributed by atoms with Crippen LogP contribution in [0.15, 0.2) is 36.4 Å². The number of nitrogens with zero attached hydrogens (tertiary/aromatic N) is 1. The van der Waals surface area contributed by atoms with Gasteiger partial charge in [0, 0.05) is 29.4 Å². The lowest BCUT2D eigenvalue weighted by Crippen LogP contribution is -2.30. The van der Waals surface area contributed by atoms with E-state index in [1.54, 1.807) is 24.3 Å². The Labute approximate surface area is 163 Å². The summed E-state index contributed by atoms with van der Waals surface area (Å²) in [5.74, 6) is -0.322. The Balaban J connectivity index is 1.90. The summed E-state index contributed by atoms with van der Waals surface area (Å²) in [5, 5.41) is 10.0. The molecule has 1 aliphatic rings. The third kappa shape index (κ3) is 4.72. The number of hydrogen-bond acceptors (Lipinski definition) is 3.